The van der Waals surface area contributed by atoms with E-state index in [4.69, 9.17) is 12.6 Å². The molecule has 5 nitrogen and oxygen atoms in total. The van der Waals surface area contributed by atoms with E-state index in [9.17, 15) is 18.0 Å². The van der Waals surface area contributed by atoms with E-state index in [1.54, 1.807) is 10.8 Å². The van der Waals surface area contributed by atoms with Crippen molar-refractivity contribution < 1.29 is 22.7 Å². The Morgan fingerprint density at radius 1 is 1.30 bits per heavy atom. The lowest BCUT2D eigenvalue weighted by Crippen LogP contribution is -2.12. The summed E-state index contributed by atoms with van der Waals surface area (Å²) in [7, 11) is 5.31. The van der Waals surface area contributed by atoms with Crippen molar-refractivity contribution in [2.24, 2.45) is 0 Å². The fourth-order valence-corrected chi connectivity index (χ4v) is 2.02. The van der Waals surface area contributed by atoms with Gasteiger partial charge in [-0.3, -0.25) is 9.78 Å². The molecule has 0 saturated carbocycles. The van der Waals surface area contributed by atoms with Crippen LogP contribution in [0.15, 0.2) is 24.7 Å². The van der Waals surface area contributed by atoms with Gasteiger partial charge >= 0.3 is 6.18 Å². The highest BCUT2D eigenvalue weighted by Crippen LogP contribution is 2.33. The lowest BCUT2D eigenvalue weighted by Gasteiger charge is -2.12. The lowest BCUT2D eigenvalue weighted by atomic mass is 10.1. The molecule has 9 heteroatoms. The number of ether oxygens (including phenoxy) is 1. The molecule has 0 bridgehead atoms. The monoisotopic (exact) mass is 323 g/mol. The van der Waals surface area contributed by atoms with Crippen LogP contribution in [0.25, 0.3) is 11.4 Å². The fraction of sp³-hybridized carbons (Fsp3) is 0.357. The predicted octanol–water partition coefficient (Wildman–Crippen LogP) is 2.38. The maximum absolute atomic E-state index is 13.0. The summed E-state index contributed by atoms with van der Waals surface area (Å²) in [6.45, 7) is 1.16. The minimum Gasteiger partial charge on any atom is -0.380 e. The topological polar surface area (TPSA) is 57.0 Å². The summed E-state index contributed by atoms with van der Waals surface area (Å²) in [6.07, 6.45) is 0.100. The molecule has 2 aromatic rings. The molecular formula is C14H13BF3N3O2. The lowest BCUT2D eigenvalue weighted by molar-refractivity contribution is -0.138. The van der Waals surface area contributed by atoms with E-state index in [0.29, 0.717) is 31.9 Å². The van der Waals surface area contributed by atoms with Gasteiger partial charge in [0.05, 0.1) is 20.0 Å². The maximum atomic E-state index is 13.0. The van der Waals surface area contributed by atoms with Gasteiger partial charge in [-0.05, 0) is 6.07 Å². The molecule has 0 aliphatic carbocycles. The van der Waals surface area contributed by atoms with Gasteiger partial charge in [0.15, 0.2) is 6.29 Å². The average molecular weight is 323 g/mol. The number of carbonyl (C=O) groups excluding carboxylic acids is 1. The third-order valence-electron chi connectivity index (χ3n) is 3.05. The number of nitrogens with zero attached hydrogens (tertiary/aromatic N) is 3. The van der Waals surface area contributed by atoms with E-state index in [2.05, 4.69) is 9.97 Å². The number of carbonyl (C=O) groups is 1. The molecule has 0 amide bonds. The van der Waals surface area contributed by atoms with Gasteiger partial charge in [0.1, 0.15) is 11.5 Å². The van der Waals surface area contributed by atoms with Crippen LogP contribution < -0.4 is 0 Å². The first kappa shape index (κ1) is 17.2. The van der Waals surface area contributed by atoms with Crippen molar-refractivity contribution in [3.63, 3.8) is 0 Å². The first-order valence-electron chi connectivity index (χ1n) is 6.79. The highest BCUT2D eigenvalue weighted by atomic mass is 19.4. The first-order chi connectivity index (χ1) is 11.0. The third-order valence-corrected chi connectivity index (χ3v) is 3.05. The molecule has 0 aliphatic rings. The van der Waals surface area contributed by atoms with Crippen molar-refractivity contribution in [1.29, 1.82) is 0 Å². The average Bonchev–Trinajstić information content (AvgIpc) is 2.98. The molecular weight excluding hydrogens is 310 g/mol. The molecule has 120 valence electrons. The van der Waals surface area contributed by atoms with Gasteiger partial charge in [0.2, 0.25) is 0 Å². The number of halogens is 3. The van der Waals surface area contributed by atoms with E-state index >= 15 is 0 Å². The zero-order valence-electron chi connectivity index (χ0n) is 12.1. The molecule has 0 aromatic carbocycles. The van der Waals surface area contributed by atoms with Crippen molar-refractivity contribution in [1.82, 2.24) is 14.5 Å². The quantitative estimate of drug-likeness (QED) is 0.446. The van der Waals surface area contributed by atoms with Gasteiger partial charge in [0.25, 0.3) is 0 Å². The summed E-state index contributed by atoms with van der Waals surface area (Å²) in [4.78, 5) is 18.4. The molecule has 2 aromatic heterocycles. The Balaban J connectivity index is 2.29. The van der Waals surface area contributed by atoms with Gasteiger partial charge in [-0.25, -0.2) is 4.98 Å². The van der Waals surface area contributed by atoms with Crippen LogP contribution in [-0.2, 0) is 17.5 Å². The molecule has 23 heavy (non-hydrogen) atoms. The standard InChI is InChI=1S/C14H13BF3N3O2/c15-1-5-23-6-4-21-3-2-19-13(21)10-7-11(14(16,17)18)12(9-22)20-8-10/h2-3,7-9H,1,4-6H2. The Hall–Kier alpha value is -2.16. The molecule has 0 saturated heterocycles. The number of hydrogen-bond donors (Lipinski definition) is 0. The first-order valence-corrected chi connectivity index (χ1v) is 6.79. The van der Waals surface area contributed by atoms with Crippen molar-refractivity contribution >= 4 is 14.1 Å². The third kappa shape index (κ3) is 4.19. The van der Waals surface area contributed by atoms with E-state index in [-0.39, 0.29) is 11.8 Å². The van der Waals surface area contributed by atoms with Gasteiger partial charge in [-0.2, -0.15) is 13.2 Å². The van der Waals surface area contributed by atoms with E-state index in [1.165, 1.54) is 12.4 Å². The molecule has 2 rings (SSSR count). The number of rotatable bonds is 7. The number of alkyl halides is 3. The van der Waals surface area contributed by atoms with Crippen LogP contribution in [0, 0.1) is 0 Å². The SMILES string of the molecule is [B]CCOCCn1ccnc1-c1cnc(C=O)c(C(F)(F)F)c1. The number of imidazole rings is 1. The largest absolute Gasteiger partial charge is 0.418 e. The Bertz CT molecular complexity index is 674. The number of pyridine rings is 1. The highest BCUT2D eigenvalue weighted by Gasteiger charge is 2.34. The van der Waals surface area contributed by atoms with Crippen LogP contribution in [0.1, 0.15) is 16.1 Å². The Kier molecular flexibility index (Phi) is 5.54. The second-order valence-corrected chi connectivity index (χ2v) is 4.62. The molecule has 0 N–H and O–H groups in total. The van der Waals surface area contributed by atoms with Crippen molar-refractivity contribution in [3.05, 3.63) is 35.9 Å². The number of hydrogen-bond acceptors (Lipinski definition) is 4. The van der Waals surface area contributed by atoms with Crippen LogP contribution in [0.5, 0.6) is 0 Å². The van der Waals surface area contributed by atoms with Crippen LogP contribution in [0.4, 0.5) is 13.2 Å². The molecule has 0 aliphatic heterocycles. The van der Waals surface area contributed by atoms with Crippen molar-refractivity contribution in [2.45, 2.75) is 19.0 Å². The summed E-state index contributed by atoms with van der Waals surface area (Å²) < 4.78 is 45.9. The summed E-state index contributed by atoms with van der Waals surface area (Å²) in [6, 6.07) is 0.871. The van der Waals surface area contributed by atoms with Crippen LogP contribution >= 0.6 is 0 Å². The molecule has 0 spiro atoms. The zero-order chi connectivity index (χ0) is 16.9. The van der Waals surface area contributed by atoms with Crippen molar-refractivity contribution in [2.75, 3.05) is 13.2 Å². The molecule has 0 atom stereocenters. The number of aromatic nitrogens is 3. The van der Waals surface area contributed by atoms with Gasteiger partial charge in [-0.1, -0.05) is 6.32 Å². The summed E-state index contributed by atoms with van der Waals surface area (Å²) in [5.74, 6) is 0.316. The van der Waals surface area contributed by atoms with E-state index in [0.717, 1.165) is 6.07 Å². The minimum absolute atomic E-state index is 0.0831. The molecule has 2 heterocycles. The van der Waals surface area contributed by atoms with E-state index < -0.39 is 17.4 Å². The smallest absolute Gasteiger partial charge is 0.380 e. The second-order valence-electron chi connectivity index (χ2n) is 4.62. The van der Waals surface area contributed by atoms with Crippen molar-refractivity contribution in [3.8, 4) is 11.4 Å². The normalized spacial score (nSPS) is 11.6. The molecule has 0 unspecified atom stereocenters. The van der Waals surface area contributed by atoms with Gasteiger partial charge in [0, 0.05) is 37.3 Å². The maximum Gasteiger partial charge on any atom is 0.418 e. The minimum atomic E-state index is -4.67. The zero-order valence-corrected chi connectivity index (χ0v) is 12.1. The Morgan fingerprint density at radius 3 is 2.74 bits per heavy atom. The highest BCUT2D eigenvalue weighted by molar-refractivity contribution is 6.08. The van der Waals surface area contributed by atoms with Crippen LogP contribution in [0.3, 0.4) is 0 Å². The van der Waals surface area contributed by atoms with Gasteiger partial charge < -0.3 is 9.30 Å². The second kappa shape index (κ2) is 7.41. The molecule has 2 radical (unpaired) electrons. The summed E-state index contributed by atoms with van der Waals surface area (Å²) >= 11 is 0. The Morgan fingerprint density at radius 2 is 2.09 bits per heavy atom. The van der Waals surface area contributed by atoms with E-state index in [1.807, 2.05) is 0 Å². The molecule has 0 fully saturated rings. The van der Waals surface area contributed by atoms with Crippen LogP contribution in [-0.4, -0.2) is 41.9 Å². The number of aldehydes is 1. The summed E-state index contributed by atoms with van der Waals surface area (Å²) in [5, 5.41) is 0. The predicted molar refractivity (Wildman–Crippen MR) is 77.2 cm³/mol. The van der Waals surface area contributed by atoms with Gasteiger partial charge in [-0.15, -0.1) is 0 Å². The fourth-order valence-electron chi connectivity index (χ4n) is 2.02. The van der Waals surface area contributed by atoms with Crippen LogP contribution in [0.2, 0.25) is 6.32 Å². The Labute approximate surface area is 131 Å². The summed E-state index contributed by atoms with van der Waals surface area (Å²) in [5.41, 5.74) is -1.56.